The number of aliphatic hydroxyl groups excluding tert-OH is 2. The Kier molecular flexibility index (Phi) is 19.6. The molecule has 0 bridgehead atoms. The smallest absolute Gasteiger partial charge is 0.123 e. The molecule has 0 aliphatic carbocycles. The topological polar surface area (TPSA) is 109 Å². The van der Waals surface area contributed by atoms with E-state index in [0.717, 1.165) is 11.1 Å². The van der Waals surface area contributed by atoms with Gasteiger partial charge in [-0.25, -0.2) is 0 Å². The molecule has 0 saturated carbocycles. The van der Waals surface area contributed by atoms with Gasteiger partial charge in [0.25, 0.3) is 0 Å². The van der Waals surface area contributed by atoms with Crippen molar-refractivity contribution < 1.29 is 34.6 Å². The van der Waals surface area contributed by atoms with Crippen molar-refractivity contribution in [3.63, 3.8) is 0 Å². The van der Waals surface area contributed by atoms with Crippen molar-refractivity contribution in [3.8, 4) is 11.5 Å². The fourth-order valence-corrected chi connectivity index (χ4v) is 8.18. The summed E-state index contributed by atoms with van der Waals surface area (Å²) in [5.74, 6) is 1.13. The molecule has 0 fully saturated rings. The van der Waals surface area contributed by atoms with Gasteiger partial charge in [-0.05, 0) is 73.9 Å². The lowest BCUT2D eigenvalue weighted by Crippen LogP contribution is -2.24. The first-order valence-corrected chi connectivity index (χ1v) is 21.2. The van der Waals surface area contributed by atoms with Crippen LogP contribution in [-0.2, 0) is 22.7 Å². The van der Waals surface area contributed by atoms with Gasteiger partial charge in [-0.1, -0.05) is 6.07 Å². The van der Waals surface area contributed by atoms with E-state index in [2.05, 4.69) is 61.8 Å². The molecule has 0 spiro atoms. The van der Waals surface area contributed by atoms with Crippen molar-refractivity contribution in [1.29, 1.82) is 0 Å². The third-order valence-electron chi connectivity index (χ3n) is 6.44. The highest BCUT2D eigenvalue weighted by atomic mass is 32.2. The summed E-state index contributed by atoms with van der Waals surface area (Å²) in [4.78, 5) is 7.22. The van der Waals surface area contributed by atoms with Crippen LogP contribution in [0.3, 0.4) is 0 Å². The average molecular weight is 733 g/mol. The molecule has 4 N–H and O–H groups in total. The highest BCUT2D eigenvalue weighted by Gasteiger charge is 2.14. The molecule has 0 amide bonds. The van der Waals surface area contributed by atoms with Gasteiger partial charge in [-0.3, -0.25) is 0 Å². The standard InChI is InChI=1S/C32H42O6S6.H2O/c1-39-25-11-29(41-3)27(30(12-25)42-4)19-35-15-21(33)17-37-23-8-7-9-24(10-23)38-18-22(34)16-36-20-28-31(43-5)13-26(40-2)14-32(28)44-6;/h7-14,21-22,33-34H,15-20H2,1-6H3;1H2. The van der Waals surface area contributed by atoms with Crippen LogP contribution >= 0.6 is 70.6 Å². The Morgan fingerprint density at radius 3 is 1.20 bits per heavy atom. The van der Waals surface area contributed by atoms with Gasteiger partial charge >= 0.3 is 0 Å². The minimum absolute atomic E-state index is 0. The van der Waals surface area contributed by atoms with E-state index in [1.165, 1.54) is 29.4 Å². The van der Waals surface area contributed by atoms with Crippen LogP contribution in [0, 0.1) is 0 Å². The zero-order valence-electron chi connectivity index (χ0n) is 26.5. The van der Waals surface area contributed by atoms with Gasteiger partial charge in [0.2, 0.25) is 0 Å². The summed E-state index contributed by atoms with van der Waals surface area (Å²) in [5, 5.41) is 21.0. The molecule has 0 radical (unpaired) electrons. The predicted octanol–water partition coefficient (Wildman–Crippen LogP) is 7.11. The van der Waals surface area contributed by atoms with E-state index >= 15 is 0 Å². The number of ether oxygens (including phenoxy) is 4. The average Bonchev–Trinajstić information content (AvgIpc) is 3.06. The number of hydrogen-bond acceptors (Lipinski definition) is 12. The Morgan fingerprint density at radius 2 is 0.889 bits per heavy atom. The normalized spacial score (nSPS) is 12.4. The van der Waals surface area contributed by atoms with E-state index < -0.39 is 12.2 Å². The van der Waals surface area contributed by atoms with Crippen LogP contribution in [0.15, 0.2) is 77.9 Å². The number of aliphatic hydroxyl groups is 2. The number of thioether (sulfide) groups is 6. The maximum atomic E-state index is 10.5. The molecular weight excluding hydrogens is 689 g/mol. The van der Waals surface area contributed by atoms with E-state index in [-0.39, 0.29) is 31.9 Å². The Labute approximate surface area is 293 Å². The lowest BCUT2D eigenvalue weighted by Gasteiger charge is -2.17. The minimum Gasteiger partial charge on any atom is -0.491 e. The van der Waals surface area contributed by atoms with Gasteiger partial charge in [0, 0.05) is 46.6 Å². The lowest BCUT2D eigenvalue weighted by molar-refractivity contribution is 0.00306. The fourth-order valence-electron chi connectivity index (χ4n) is 4.17. The zero-order chi connectivity index (χ0) is 31.9. The summed E-state index contributed by atoms with van der Waals surface area (Å²) in [6.07, 6.45) is 10.9. The summed E-state index contributed by atoms with van der Waals surface area (Å²) in [6, 6.07) is 15.9. The van der Waals surface area contributed by atoms with Gasteiger partial charge in [0.1, 0.15) is 36.9 Å². The first-order valence-electron chi connectivity index (χ1n) is 13.8. The molecule has 0 aromatic heterocycles. The molecule has 45 heavy (non-hydrogen) atoms. The molecule has 2 atom stereocenters. The summed E-state index contributed by atoms with van der Waals surface area (Å²) >= 11 is 10.3. The number of benzene rings is 3. The molecule has 0 aliphatic heterocycles. The summed E-state index contributed by atoms with van der Waals surface area (Å²) < 4.78 is 23.4. The molecule has 3 rings (SSSR count). The molecular formula is C32H44O7S6. The van der Waals surface area contributed by atoms with Crippen LogP contribution in [0.5, 0.6) is 11.5 Å². The van der Waals surface area contributed by atoms with E-state index in [4.69, 9.17) is 18.9 Å². The second-order valence-electron chi connectivity index (χ2n) is 9.46. The molecule has 3 aromatic rings. The zero-order valence-corrected chi connectivity index (χ0v) is 31.4. The van der Waals surface area contributed by atoms with Crippen molar-refractivity contribution in [1.82, 2.24) is 0 Å². The Balaban J connectivity index is 0.00000705. The first kappa shape index (κ1) is 40.3. The van der Waals surface area contributed by atoms with Crippen molar-refractivity contribution in [2.45, 2.75) is 54.8 Å². The quantitative estimate of drug-likeness (QED) is 0.116. The summed E-state index contributed by atoms with van der Waals surface area (Å²) in [6.45, 7) is 1.35. The van der Waals surface area contributed by atoms with E-state index in [1.807, 2.05) is 6.07 Å². The van der Waals surface area contributed by atoms with Crippen LogP contribution in [0.4, 0.5) is 0 Å². The Bertz CT molecular complexity index is 1170. The van der Waals surface area contributed by atoms with E-state index in [1.54, 1.807) is 88.8 Å². The summed E-state index contributed by atoms with van der Waals surface area (Å²) in [5.41, 5.74) is 2.29. The maximum absolute atomic E-state index is 10.5. The third-order valence-corrected chi connectivity index (χ3v) is 11.1. The van der Waals surface area contributed by atoms with Crippen LogP contribution in [-0.4, -0.2) is 91.9 Å². The number of rotatable bonds is 20. The Hall–Kier alpha value is -0.840. The summed E-state index contributed by atoms with van der Waals surface area (Å²) in [7, 11) is 0. The largest absolute Gasteiger partial charge is 0.491 e. The van der Waals surface area contributed by atoms with Gasteiger partial charge in [-0.15, -0.1) is 70.6 Å². The SMILES string of the molecule is CSc1cc(SC)c(COCC(O)COc2cccc(OCC(O)COCc3c(SC)cc(SC)cc3SC)c2)c(SC)c1.O. The second kappa shape index (κ2) is 21.9. The monoisotopic (exact) mass is 732 g/mol. The molecule has 13 heteroatoms. The maximum Gasteiger partial charge on any atom is 0.123 e. The van der Waals surface area contributed by atoms with Crippen molar-refractivity contribution >= 4 is 70.6 Å². The van der Waals surface area contributed by atoms with Crippen LogP contribution < -0.4 is 9.47 Å². The minimum atomic E-state index is -0.783. The van der Waals surface area contributed by atoms with Crippen molar-refractivity contribution in [3.05, 3.63) is 59.7 Å². The third kappa shape index (κ3) is 12.9. The van der Waals surface area contributed by atoms with Crippen molar-refractivity contribution in [2.24, 2.45) is 0 Å². The second-order valence-corrected chi connectivity index (χ2v) is 14.6. The molecule has 7 nitrogen and oxygen atoms in total. The van der Waals surface area contributed by atoms with Gasteiger partial charge in [-0.2, -0.15) is 0 Å². The van der Waals surface area contributed by atoms with E-state index in [0.29, 0.717) is 24.7 Å². The van der Waals surface area contributed by atoms with Gasteiger partial charge < -0.3 is 34.6 Å². The number of hydrogen-bond donors (Lipinski definition) is 2. The Morgan fingerprint density at radius 1 is 0.533 bits per heavy atom. The first-order chi connectivity index (χ1) is 21.3. The highest BCUT2D eigenvalue weighted by Crippen LogP contribution is 2.36. The van der Waals surface area contributed by atoms with Crippen LogP contribution in [0.1, 0.15) is 11.1 Å². The lowest BCUT2D eigenvalue weighted by atomic mass is 10.2. The van der Waals surface area contributed by atoms with Gasteiger partial charge in [0.15, 0.2) is 0 Å². The van der Waals surface area contributed by atoms with E-state index in [9.17, 15) is 10.2 Å². The van der Waals surface area contributed by atoms with Crippen molar-refractivity contribution in [2.75, 3.05) is 64.0 Å². The van der Waals surface area contributed by atoms with Gasteiger partial charge in [0.05, 0.1) is 26.4 Å². The van der Waals surface area contributed by atoms with Crippen LogP contribution in [0.2, 0.25) is 0 Å². The molecule has 2 unspecified atom stereocenters. The highest BCUT2D eigenvalue weighted by molar-refractivity contribution is 8.00. The molecule has 0 saturated heterocycles. The molecule has 250 valence electrons. The van der Waals surface area contributed by atoms with Crippen LogP contribution in [0.25, 0.3) is 0 Å². The fraction of sp³-hybridized carbons (Fsp3) is 0.438. The molecule has 0 heterocycles. The predicted molar refractivity (Wildman–Crippen MR) is 196 cm³/mol. The molecule has 3 aromatic carbocycles. The molecule has 0 aliphatic rings.